The summed E-state index contributed by atoms with van der Waals surface area (Å²) in [6.07, 6.45) is -0.382. The molecule has 0 spiro atoms. The molecule has 1 atom stereocenters. The molecule has 1 unspecified atom stereocenters. The molecule has 0 aliphatic carbocycles. The lowest BCUT2D eigenvalue weighted by Gasteiger charge is -2.21. The summed E-state index contributed by atoms with van der Waals surface area (Å²) in [6.45, 7) is 2.34. The highest BCUT2D eigenvalue weighted by Gasteiger charge is 2.37. The quantitative estimate of drug-likeness (QED) is 0.774. The summed E-state index contributed by atoms with van der Waals surface area (Å²) in [7, 11) is 0. The minimum atomic E-state index is -0.595. The Morgan fingerprint density at radius 3 is 2.93 bits per heavy atom. The summed E-state index contributed by atoms with van der Waals surface area (Å²) < 4.78 is 5.18. The van der Waals surface area contributed by atoms with Crippen LogP contribution >= 0.6 is 11.6 Å². The molecule has 0 bridgehead atoms. The highest BCUT2D eigenvalue weighted by Crippen LogP contribution is 2.29. The van der Waals surface area contributed by atoms with E-state index in [0.29, 0.717) is 11.6 Å². The van der Waals surface area contributed by atoms with Crippen molar-refractivity contribution < 1.29 is 9.53 Å². The van der Waals surface area contributed by atoms with Gasteiger partial charge in [0.1, 0.15) is 0 Å². The van der Waals surface area contributed by atoms with Gasteiger partial charge in [0, 0.05) is 5.02 Å². The minimum Gasteiger partial charge on any atom is -0.436 e. The van der Waals surface area contributed by atoms with Crippen LogP contribution in [-0.4, -0.2) is 12.6 Å². The highest BCUT2D eigenvalue weighted by molar-refractivity contribution is 6.30. The van der Waals surface area contributed by atoms with Crippen LogP contribution in [0.25, 0.3) is 0 Å². The van der Waals surface area contributed by atoms with Crippen LogP contribution in [0.5, 0.6) is 0 Å². The molecule has 3 nitrogen and oxygen atoms in total. The number of carbonyl (C=O) groups is 1. The molecule has 74 valence electrons. The maximum absolute atomic E-state index is 11.0. The smallest absolute Gasteiger partial charge is 0.408 e. The first-order valence-electron chi connectivity index (χ1n) is 4.33. The summed E-state index contributed by atoms with van der Waals surface area (Å²) in [6, 6.07) is 7.34. The van der Waals surface area contributed by atoms with Crippen molar-refractivity contribution >= 4 is 17.7 Å². The van der Waals surface area contributed by atoms with Gasteiger partial charge >= 0.3 is 6.09 Å². The zero-order valence-electron chi connectivity index (χ0n) is 7.71. The zero-order chi connectivity index (χ0) is 10.2. The van der Waals surface area contributed by atoms with Gasteiger partial charge in [-0.3, -0.25) is 0 Å². The van der Waals surface area contributed by atoms with E-state index in [-0.39, 0.29) is 6.09 Å². The number of cyclic esters (lactones) is 1. The summed E-state index contributed by atoms with van der Waals surface area (Å²) in [5.41, 5.74) is 0.311. The molecule has 4 heteroatoms. The van der Waals surface area contributed by atoms with Crippen LogP contribution in [0, 0.1) is 0 Å². The number of rotatable bonds is 1. The summed E-state index contributed by atoms with van der Waals surface area (Å²) in [4.78, 5) is 11.0. The van der Waals surface area contributed by atoms with Crippen molar-refractivity contribution in [3.05, 3.63) is 34.9 Å². The molecule has 1 N–H and O–H groups in total. The van der Waals surface area contributed by atoms with Crippen LogP contribution < -0.4 is 5.32 Å². The second-order valence-electron chi connectivity index (χ2n) is 3.48. The van der Waals surface area contributed by atoms with E-state index in [2.05, 4.69) is 5.32 Å². The van der Waals surface area contributed by atoms with Gasteiger partial charge in [0.05, 0.1) is 6.54 Å². The third kappa shape index (κ3) is 1.55. The monoisotopic (exact) mass is 211 g/mol. The molecule has 1 amide bonds. The number of halogens is 1. The second-order valence-corrected chi connectivity index (χ2v) is 3.92. The molecule has 2 rings (SSSR count). The van der Waals surface area contributed by atoms with Crippen molar-refractivity contribution in [2.75, 3.05) is 6.54 Å². The fourth-order valence-electron chi connectivity index (χ4n) is 1.50. The van der Waals surface area contributed by atoms with Crippen LogP contribution in [0.1, 0.15) is 12.5 Å². The molecule has 0 radical (unpaired) electrons. The SMILES string of the molecule is CC1(c2cccc(Cl)c2)CNC(=O)O1. The Bertz CT molecular complexity index is 380. The van der Waals surface area contributed by atoms with Crippen LogP contribution in [0.2, 0.25) is 5.02 Å². The molecule has 0 saturated carbocycles. The van der Waals surface area contributed by atoms with E-state index in [4.69, 9.17) is 16.3 Å². The van der Waals surface area contributed by atoms with Gasteiger partial charge in [-0.05, 0) is 24.6 Å². The molecule has 1 heterocycles. The summed E-state index contributed by atoms with van der Waals surface area (Å²) in [5, 5.41) is 3.27. The molecule has 1 aliphatic heterocycles. The molecule has 1 fully saturated rings. The number of ether oxygens (including phenoxy) is 1. The van der Waals surface area contributed by atoms with E-state index in [9.17, 15) is 4.79 Å². The summed E-state index contributed by atoms with van der Waals surface area (Å²) in [5.74, 6) is 0. The predicted octanol–water partition coefficient (Wildman–Crippen LogP) is 2.29. The Hall–Kier alpha value is -1.22. The molecule has 14 heavy (non-hydrogen) atoms. The van der Waals surface area contributed by atoms with Crippen molar-refractivity contribution in [2.45, 2.75) is 12.5 Å². The highest BCUT2D eigenvalue weighted by atomic mass is 35.5. The Balaban J connectivity index is 2.34. The van der Waals surface area contributed by atoms with Crippen molar-refractivity contribution in [3.63, 3.8) is 0 Å². The van der Waals surface area contributed by atoms with Gasteiger partial charge in [-0.15, -0.1) is 0 Å². The van der Waals surface area contributed by atoms with Crippen molar-refractivity contribution in [1.82, 2.24) is 5.32 Å². The second kappa shape index (κ2) is 3.17. The first-order valence-corrected chi connectivity index (χ1v) is 4.71. The van der Waals surface area contributed by atoms with Gasteiger partial charge in [-0.25, -0.2) is 4.79 Å². The number of carbonyl (C=O) groups excluding carboxylic acids is 1. The molecular formula is C10H10ClNO2. The number of hydrogen-bond donors (Lipinski definition) is 1. The number of alkyl carbamates (subject to hydrolysis) is 1. The topological polar surface area (TPSA) is 38.3 Å². The average molecular weight is 212 g/mol. The fraction of sp³-hybridized carbons (Fsp3) is 0.300. The molecule has 1 aromatic carbocycles. The van der Waals surface area contributed by atoms with Gasteiger partial charge in [-0.1, -0.05) is 23.7 Å². The Kier molecular flexibility index (Phi) is 2.11. The first-order chi connectivity index (χ1) is 6.60. The fourth-order valence-corrected chi connectivity index (χ4v) is 1.69. The third-order valence-electron chi connectivity index (χ3n) is 2.32. The average Bonchev–Trinajstić information content (AvgIpc) is 2.48. The van der Waals surface area contributed by atoms with E-state index < -0.39 is 5.60 Å². The lowest BCUT2D eigenvalue weighted by atomic mass is 9.96. The number of amides is 1. The maximum atomic E-state index is 11.0. The molecule has 1 aliphatic rings. The van der Waals surface area contributed by atoms with Crippen LogP contribution in [0.3, 0.4) is 0 Å². The lowest BCUT2D eigenvalue weighted by Crippen LogP contribution is -2.26. The Morgan fingerprint density at radius 1 is 1.57 bits per heavy atom. The Morgan fingerprint density at radius 2 is 2.36 bits per heavy atom. The van der Waals surface area contributed by atoms with Gasteiger partial charge in [0.15, 0.2) is 5.60 Å². The standard InChI is InChI=1S/C10H10ClNO2/c1-10(6-12-9(13)14-10)7-3-2-4-8(11)5-7/h2-5H,6H2,1H3,(H,12,13). The van der Waals surface area contributed by atoms with E-state index >= 15 is 0 Å². The minimum absolute atomic E-state index is 0.382. The Labute approximate surface area is 87.0 Å². The molecular weight excluding hydrogens is 202 g/mol. The van der Waals surface area contributed by atoms with Crippen LogP contribution in [0.4, 0.5) is 4.79 Å². The van der Waals surface area contributed by atoms with Gasteiger partial charge in [0.25, 0.3) is 0 Å². The molecule has 0 aromatic heterocycles. The van der Waals surface area contributed by atoms with E-state index in [1.807, 2.05) is 25.1 Å². The van der Waals surface area contributed by atoms with Crippen LogP contribution in [-0.2, 0) is 10.3 Å². The van der Waals surface area contributed by atoms with Gasteiger partial charge < -0.3 is 10.1 Å². The van der Waals surface area contributed by atoms with Crippen molar-refractivity contribution in [1.29, 1.82) is 0 Å². The predicted molar refractivity (Wildman–Crippen MR) is 53.3 cm³/mol. The summed E-state index contributed by atoms with van der Waals surface area (Å²) >= 11 is 5.86. The zero-order valence-corrected chi connectivity index (χ0v) is 8.47. The number of hydrogen-bond acceptors (Lipinski definition) is 2. The third-order valence-corrected chi connectivity index (χ3v) is 2.56. The number of nitrogens with one attached hydrogen (secondary N) is 1. The number of benzene rings is 1. The lowest BCUT2D eigenvalue weighted by molar-refractivity contribution is 0.0704. The maximum Gasteiger partial charge on any atom is 0.408 e. The first kappa shape index (κ1) is 9.34. The van der Waals surface area contributed by atoms with Crippen LogP contribution in [0.15, 0.2) is 24.3 Å². The largest absolute Gasteiger partial charge is 0.436 e. The van der Waals surface area contributed by atoms with E-state index in [1.54, 1.807) is 6.07 Å². The normalized spacial score (nSPS) is 25.7. The van der Waals surface area contributed by atoms with Gasteiger partial charge in [0.2, 0.25) is 0 Å². The van der Waals surface area contributed by atoms with E-state index in [0.717, 1.165) is 5.56 Å². The molecule has 1 saturated heterocycles. The van der Waals surface area contributed by atoms with E-state index in [1.165, 1.54) is 0 Å². The van der Waals surface area contributed by atoms with Gasteiger partial charge in [-0.2, -0.15) is 0 Å². The van der Waals surface area contributed by atoms with Crippen molar-refractivity contribution in [3.8, 4) is 0 Å². The molecule has 1 aromatic rings. The van der Waals surface area contributed by atoms with Crippen molar-refractivity contribution in [2.24, 2.45) is 0 Å².